The van der Waals surface area contributed by atoms with E-state index in [9.17, 15) is 4.79 Å². The number of carbonyl (C=O) groups is 1. The molecule has 2 aromatic carbocycles. The topological polar surface area (TPSA) is 81.9 Å². The van der Waals surface area contributed by atoms with Crippen LogP contribution in [0.15, 0.2) is 60.1 Å². The molecule has 1 N–H and O–H groups in total. The lowest BCUT2D eigenvalue weighted by molar-refractivity contribution is 0.102. The molecule has 4 rings (SSSR count). The minimum absolute atomic E-state index is 0.216. The van der Waals surface area contributed by atoms with E-state index in [1.807, 2.05) is 60.8 Å². The molecular formula is C20H17N5O2S. The maximum atomic E-state index is 12.5. The average Bonchev–Trinajstić information content (AvgIpc) is 3.38. The fraction of sp³-hybridized carbons (Fsp3) is 0.100. The van der Waals surface area contributed by atoms with Gasteiger partial charge in [0.25, 0.3) is 5.91 Å². The van der Waals surface area contributed by atoms with Crippen LogP contribution in [0.2, 0.25) is 0 Å². The SMILES string of the molecule is COc1ccc(C)cc1-c1csc(NC(=O)c2cnn(-c3ccccc3)n2)n1. The molecule has 0 atom stereocenters. The molecule has 0 aliphatic carbocycles. The lowest BCUT2D eigenvalue weighted by atomic mass is 10.1. The molecule has 0 aliphatic heterocycles. The number of rotatable bonds is 5. The van der Waals surface area contributed by atoms with Crippen molar-refractivity contribution >= 4 is 22.4 Å². The zero-order chi connectivity index (χ0) is 19.5. The maximum Gasteiger partial charge on any atom is 0.279 e. The molecule has 140 valence electrons. The summed E-state index contributed by atoms with van der Waals surface area (Å²) in [4.78, 5) is 18.4. The number of aromatic nitrogens is 4. The summed E-state index contributed by atoms with van der Waals surface area (Å²) in [7, 11) is 1.62. The summed E-state index contributed by atoms with van der Waals surface area (Å²) in [6.07, 6.45) is 1.43. The molecule has 0 spiro atoms. The van der Waals surface area contributed by atoms with Crippen LogP contribution in [0.5, 0.6) is 5.75 Å². The first kappa shape index (κ1) is 17.9. The first-order chi connectivity index (χ1) is 13.6. The van der Waals surface area contributed by atoms with Gasteiger partial charge < -0.3 is 4.74 Å². The smallest absolute Gasteiger partial charge is 0.279 e. The van der Waals surface area contributed by atoms with E-state index in [-0.39, 0.29) is 11.6 Å². The van der Waals surface area contributed by atoms with Gasteiger partial charge in [0.05, 0.1) is 24.7 Å². The van der Waals surface area contributed by atoms with Gasteiger partial charge in [-0.15, -0.1) is 16.4 Å². The summed E-state index contributed by atoms with van der Waals surface area (Å²) in [6.45, 7) is 2.01. The van der Waals surface area contributed by atoms with Crippen LogP contribution in [-0.4, -0.2) is 33.0 Å². The van der Waals surface area contributed by atoms with Crippen molar-refractivity contribution in [3.05, 3.63) is 71.4 Å². The number of para-hydroxylation sites is 1. The van der Waals surface area contributed by atoms with E-state index in [4.69, 9.17) is 4.74 Å². The highest BCUT2D eigenvalue weighted by molar-refractivity contribution is 7.14. The summed E-state index contributed by atoms with van der Waals surface area (Å²) in [5, 5.41) is 13.5. The van der Waals surface area contributed by atoms with Crippen molar-refractivity contribution < 1.29 is 9.53 Å². The van der Waals surface area contributed by atoms with E-state index in [1.54, 1.807) is 7.11 Å². The second kappa shape index (κ2) is 7.61. The quantitative estimate of drug-likeness (QED) is 0.557. The third-order valence-electron chi connectivity index (χ3n) is 4.07. The van der Waals surface area contributed by atoms with Crippen molar-refractivity contribution in [2.24, 2.45) is 0 Å². The molecule has 0 unspecified atom stereocenters. The van der Waals surface area contributed by atoms with E-state index in [0.29, 0.717) is 5.13 Å². The number of ether oxygens (including phenoxy) is 1. The minimum atomic E-state index is -0.362. The van der Waals surface area contributed by atoms with Gasteiger partial charge >= 0.3 is 0 Å². The Morgan fingerprint density at radius 1 is 1.18 bits per heavy atom. The van der Waals surface area contributed by atoms with Crippen LogP contribution < -0.4 is 10.1 Å². The molecule has 28 heavy (non-hydrogen) atoms. The largest absolute Gasteiger partial charge is 0.496 e. The molecule has 0 saturated heterocycles. The third-order valence-corrected chi connectivity index (χ3v) is 4.82. The van der Waals surface area contributed by atoms with Gasteiger partial charge in [0, 0.05) is 10.9 Å². The zero-order valence-corrected chi connectivity index (χ0v) is 16.1. The number of carbonyl (C=O) groups excluding carboxylic acids is 1. The summed E-state index contributed by atoms with van der Waals surface area (Å²) in [6, 6.07) is 15.3. The van der Waals surface area contributed by atoms with Gasteiger partial charge in [-0.2, -0.15) is 9.90 Å². The molecule has 7 nitrogen and oxygen atoms in total. The fourth-order valence-electron chi connectivity index (χ4n) is 2.69. The molecule has 0 radical (unpaired) electrons. The van der Waals surface area contributed by atoms with Gasteiger partial charge in [0.15, 0.2) is 10.8 Å². The highest BCUT2D eigenvalue weighted by Crippen LogP contribution is 2.33. The molecule has 0 fully saturated rings. The Morgan fingerprint density at radius 3 is 2.79 bits per heavy atom. The van der Waals surface area contributed by atoms with Crippen molar-refractivity contribution in [3.63, 3.8) is 0 Å². The number of anilines is 1. The van der Waals surface area contributed by atoms with Crippen LogP contribution in [0.1, 0.15) is 16.1 Å². The highest BCUT2D eigenvalue weighted by Gasteiger charge is 2.15. The molecule has 2 heterocycles. The van der Waals surface area contributed by atoms with Gasteiger partial charge in [-0.1, -0.05) is 29.8 Å². The second-order valence-corrected chi connectivity index (χ2v) is 6.91. The average molecular weight is 391 g/mol. The summed E-state index contributed by atoms with van der Waals surface area (Å²) in [5.41, 5.74) is 3.73. The number of amides is 1. The van der Waals surface area contributed by atoms with Crippen LogP contribution in [-0.2, 0) is 0 Å². The number of benzene rings is 2. The van der Waals surface area contributed by atoms with E-state index < -0.39 is 0 Å². The molecule has 0 saturated carbocycles. The van der Waals surface area contributed by atoms with E-state index in [1.165, 1.54) is 22.3 Å². The number of hydrogen-bond donors (Lipinski definition) is 1. The van der Waals surface area contributed by atoms with E-state index in [2.05, 4.69) is 20.5 Å². The monoisotopic (exact) mass is 391 g/mol. The predicted molar refractivity (Wildman–Crippen MR) is 108 cm³/mol. The Labute approximate surface area is 165 Å². The van der Waals surface area contributed by atoms with Gasteiger partial charge in [-0.25, -0.2) is 4.98 Å². The zero-order valence-electron chi connectivity index (χ0n) is 15.3. The van der Waals surface area contributed by atoms with Crippen LogP contribution in [0.3, 0.4) is 0 Å². The van der Waals surface area contributed by atoms with Crippen molar-refractivity contribution in [1.29, 1.82) is 0 Å². The molecule has 4 aromatic rings. The van der Waals surface area contributed by atoms with Crippen molar-refractivity contribution in [2.75, 3.05) is 12.4 Å². The Kier molecular flexibility index (Phi) is 4.86. The van der Waals surface area contributed by atoms with Crippen LogP contribution in [0, 0.1) is 6.92 Å². The van der Waals surface area contributed by atoms with Gasteiger partial charge in [0.2, 0.25) is 0 Å². The first-order valence-electron chi connectivity index (χ1n) is 8.54. The molecular weight excluding hydrogens is 374 g/mol. The summed E-state index contributed by atoms with van der Waals surface area (Å²) >= 11 is 1.34. The number of thiazole rings is 1. The Balaban J connectivity index is 1.53. The van der Waals surface area contributed by atoms with Crippen molar-refractivity contribution in [2.45, 2.75) is 6.92 Å². The number of methoxy groups -OCH3 is 1. The molecule has 8 heteroatoms. The van der Waals surface area contributed by atoms with E-state index in [0.717, 1.165) is 28.3 Å². The summed E-state index contributed by atoms with van der Waals surface area (Å²) in [5.74, 6) is 0.374. The lowest BCUT2D eigenvalue weighted by Crippen LogP contribution is -2.13. The Morgan fingerprint density at radius 2 is 2.00 bits per heavy atom. The second-order valence-electron chi connectivity index (χ2n) is 6.05. The van der Waals surface area contributed by atoms with Gasteiger partial charge in [-0.05, 0) is 31.2 Å². The summed E-state index contributed by atoms with van der Waals surface area (Å²) < 4.78 is 5.42. The fourth-order valence-corrected chi connectivity index (χ4v) is 3.40. The number of aryl methyl sites for hydroxylation is 1. The Hall–Kier alpha value is -3.52. The highest BCUT2D eigenvalue weighted by atomic mass is 32.1. The first-order valence-corrected chi connectivity index (χ1v) is 9.41. The number of nitrogens with zero attached hydrogens (tertiary/aromatic N) is 4. The standard InChI is InChI=1S/C20H17N5O2S/c1-13-8-9-18(27-2)15(10-13)17-12-28-20(22-17)23-19(26)16-11-21-25(24-16)14-6-4-3-5-7-14/h3-12H,1-2H3,(H,22,23,26). The maximum absolute atomic E-state index is 12.5. The van der Waals surface area contributed by atoms with E-state index >= 15 is 0 Å². The van der Waals surface area contributed by atoms with Crippen LogP contribution >= 0.6 is 11.3 Å². The van der Waals surface area contributed by atoms with Gasteiger partial charge in [0.1, 0.15) is 5.75 Å². The lowest BCUT2D eigenvalue weighted by Gasteiger charge is -2.07. The van der Waals surface area contributed by atoms with Gasteiger partial charge in [-0.3, -0.25) is 10.1 Å². The Bertz CT molecular complexity index is 1120. The molecule has 1 amide bonds. The molecule has 0 aliphatic rings. The van der Waals surface area contributed by atoms with Crippen LogP contribution in [0.25, 0.3) is 16.9 Å². The van der Waals surface area contributed by atoms with Crippen molar-refractivity contribution in [3.8, 4) is 22.7 Å². The molecule has 2 aromatic heterocycles. The predicted octanol–water partition coefficient (Wildman–Crippen LogP) is 3.96. The normalized spacial score (nSPS) is 10.6. The minimum Gasteiger partial charge on any atom is -0.496 e. The molecule has 0 bridgehead atoms. The van der Waals surface area contributed by atoms with Crippen molar-refractivity contribution in [1.82, 2.24) is 20.0 Å². The van der Waals surface area contributed by atoms with Crippen LogP contribution in [0.4, 0.5) is 5.13 Å². The number of nitrogens with one attached hydrogen (secondary N) is 1. The number of hydrogen-bond acceptors (Lipinski definition) is 6. The third kappa shape index (κ3) is 3.63.